The lowest BCUT2D eigenvalue weighted by Crippen LogP contribution is -2.47. The molecule has 0 saturated carbocycles. The molecule has 1 saturated heterocycles. The van der Waals surface area contributed by atoms with Gasteiger partial charge in [0.2, 0.25) is 10.0 Å². The second-order valence-corrected chi connectivity index (χ2v) is 9.08. The fraction of sp³-hybridized carbons (Fsp3) is 0.444. The van der Waals surface area contributed by atoms with Crippen LogP contribution in [-0.4, -0.2) is 52.0 Å². The van der Waals surface area contributed by atoms with E-state index in [9.17, 15) is 13.2 Å². The molecule has 2 aliphatic rings. The van der Waals surface area contributed by atoms with E-state index in [0.29, 0.717) is 31.9 Å². The molecule has 2 aliphatic heterocycles. The Hall–Kier alpha value is -2.23. The maximum atomic E-state index is 12.7. The Kier molecular flexibility index (Phi) is 4.53. The summed E-state index contributed by atoms with van der Waals surface area (Å²) in [5.74, 6) is 0.580. The van der Waals surface area contributed by atoms with Gasteiger partial charge < -0.3 is 4.74 Å². The summed E-state index contributed by atoms with van der Waals surface area (Å²) < 4.78 is 34.0. The topological polar surface area (TPSA) is 86.4 Å². The van der Waals surface area contributed by atoms with Gasteiger partial charge in [-0.15, -0.1) is 0 Å². The highest BCUT2D eigenvalue weighted by atomic mass is 32.2. The average Bonchev–Trinajstić information content (AvgIpc) is 3.19. The fourth-order valence-corrected chi connectivity index (χ4v) is 4.51. The highest BCUT2D eigenvalue weighted by Gasteiger charge is 2.45. The summed E-state index contributed by atoms with van der Waals surface area (Å²) in [6, 6.07) is 9.85. The maximum absolute atomic E-state index is 12.7. The molecule has 1 fully saturated rings. The van der Waals surface area contributed by atoms with Gasteiger partial charge in [0.1, 0.15) is 12.2 Å². The van der Waals surface area contributed by atoms with Crippen LogP contribution in [0.4, 0.5) is 0 Å². The smallest absolute Gasteiger partial charge is 0.346 e. The van der Waals surface area contributed by atoms with Crippen molar-refractivity contribution in [2.24, 2.45) is 0 Å². The van der Waals surface area contributed by atoms with Crippen LogP contribution in [-0.2, 0) is 34.5 Å². The summed E-state index contributed by atoms with van der Waals surface area (Å²) in [7, 11) is -3.26. The number of aromatic nitrogens is 3. The molecule has 1 aromatic heterocycles. The van der Waals surface area contributed by atoms with E-state index >= 15 is 0 Å². The van der Waals surface area contributed by atoms with Crippen LogP contribution in [0.1, 0.15) is 17.8 Å². The van der Waals surface area contributed by atoms with Crippen molar-refractivity contribution in [3.63, 3.8) is 0 Å². The maximum Gasteiger partial charge on any atom is 0.346 e. The lowest BCUT2D eigenvalue weighted by Gasteiger charge is -2.33. The van der Waals surface area contributed by atoms with Gasteiger partial charge in [0.25, 0.3) is 0 Å². The Bertz CT molecular complexity index is 1030. The van der Waals surface area contributed by atoms with Crippen LogP contribution in [0.15, 0.2) is 41.2 Å². The van der Waals surface area contributed by atoms with Crippen LogP contribution in [0.5, 0.6) is 0 Å². The lowest BCUT2D eigenvalue weighted by molar-refractivity contribution is -0.0800. The number of hydrogen-bond acceptors (Lipinski definition) is 5. The van der Waals surface area contributed by atoms with Crippen LogP contribution in [0.3, 0.4) is 0 Å². The Morgan fingerprint density at radius 1 is 1.26 bits per heavy atom. The molecule has 1 spiro atoms. The highest BCUT2D eigenvalue weighted by molar-refractivity contribution is 7.88. The van der Waals surface area contributed by atoms with Crippen molar-refractivity contribution in [3.8, 4) is 0 Å². The number of fused-ring (bicyclic) bond motifs is 1. The average molecular weight is 390 g/mol. The van der Waals surface area contributed by atoms with Crippen LogP contribution in [0.25, 0.3) is 6.08 Å². The van der Waals surface area contributed by atoms with Crippen LogP contribution >= 0.6 is 0 Å². The predicted octanol–water partition coefficient (Wildman–Crippen LogP) is 0.692. The Labute approximate surface area is 157 Å². The minimum atomic E-state index is -3.26. The fourth-order valence-electron chi connectivity index (χ4n) is 3.61. The minimum absolute atomic E-state index is 0.191. The first-order valence-corrected chi connectivity index (χ1v) is 10.7. The van der Waals surface area contributed by atoms with Crippen molar-refractivity contribution in [3.05, 3.63) is 58.3 Å². The standard InChI is InChI=1S/C18H22N4O4S/c1-27(24,25)20-11-9-18(13-20)14-21-16(12-26-18)19-22(17(21)23)10-5-8-15-6-3-2-4-7-15/h2-8H,9-14H2,1H3/b8-5+. The monoisotopic (exact) mass is 390 g/mol. The second kappa shape index (κ2) is 6.74. The van der Waals surface area contributed by atoms with Crippen molar-refractivity contribution in [1.82, 2.24) is 18.7 Å². The number of benzene rings is 1. The minimum Gasteiger partial charge on any atom is -0.364 e. The molecule has 27 heavy (non-hydrogen) atoms. The number of sulfonamides is 1. The first-order chi connectivity index (χ1) is 12.9. The van der Waals surface area contributed by atoms with E-state index in [1.165, 1.54) is 15.2 Å². The van der Waals surface area contributed by atoms with E-state index in [2.05, 4.69) is 5.10 Å². The van der Waals surface area contributed by atoms with Gasteiger partial charge in [0.15, 0.2) is 5.82 Å². The van der Waals surface area contributed by atoms with Crippen LogP contribution in [0, 0.1) is 0 Å². The first kappa shape index (κ1) is 18.1. The molecule has 144 valence electrons. The van der Waals surface area contributed by atoms with Gasteiger partial charge in [-0.25, -0.2) is 17.9 Å². The summed E-state index contributed by atoms with van der Waals surface area (Å²) in [5, 5.41) is 4.36. The molecule has 4 rings (SSSR count). The van der Waals surface area contributed by atoms with Crippen molar-refractivity contribution in [2.45, 2.75) is 31.7 Å². The molecule has 0 radical (unpaired) electrons. The van der Waals surface area contributed by atoms with E-state index in [1.807, 2.05) is 42.5 Å². The summed E-state index contributed by atoms with van der Waals surface area (Å²) in [4.78, 5) is 12.7. The molecule has 1 atom stereocenters. The molecular formula is C18H22N4O4S. The van der Waals surface area contributed by atoms with Gasteiger partial charge >= 0.3 is 5.69 Å². The number of ether oxygens (including phenoxy) is 1. The number of allylic oxidation sites excluding steroid dienone is 1. The molecule has 8 nitrogen and oxygen atoms in total. The second-order valence-electron chi connectivity index (χ2n) is 7.10. The Morgan fingerprint density at radius 3 is 2.74 bits per heavy atom. The van der Waals surface area contributed by atoms with Crippen LogP contribution < -0.4 is 5.69 Å². The molecule has 3 heterocycles. The van der Waals surface area contributed by atoms with Gasteiger partial charge in [-0.05, 0) is 12.0 Å². The predicted molar refractivity (Wildman–Crippen MR) is 101 cm³/mol. The van der Waals surface area contributed by atoms with E-state index < -0.39 is 15.6 Å². The number of rotatable bonds is 4. The Balaban J connectivity index is 1.51. The van der Waals surface area contributed by atoms with E-state index in [4.69, 9.17) is 4.74 Å². The molecule has 2 aromatic rings. The molecular weight excluding hydrogens is 368 g/mol. The van der Waals surface area contributed by atoms with Gasteiger partial charge in [-0.3, -0.25) is 4.57 Å². The van der Waals surface area contributed by atoms with E-state index in [0.717, 1.165) is 5.56 Å². The van der Waals surface area contributed by atoms with Gasteiger partial charge in [-0.2, -0.15) is 9.40 Å². The summed E-state index contributed by atoms with van der Waals surface area (Å²) in [6.07, 6.45) is 5.62. The molecule has 9 heteroatoms. The molecule has 0 bridgehead atoms. The zero-order chi connectivity index (χ0) is 19.1. The van der Waals surface area contributed by atoms with Crippen molar-refractivity contribution in [1.29, 1.82) is 0 Å². The summed E-state index contributed by atoms with van der Waals surface area (Å²) in [5.41, 5.74) is 0.222. The van der Waals surface area contributed by atoms with Crippen molar-refractivity contribution in [2.75, 3.05) is 19.3 Å². The van der Waals surface area contributed by atoms with Gasteiger partial charge in [0.05, 0.1) is 19.3 Å². The van der Waals surface area contributed by atoms with E-state index in [1.54, 1.807) is 4.57 Å². The van der Waals surface area contributed by atoms with Crippen molar-refractivity contribution < 1.29 is 13.2 Å². The SMILES string of the molecule is CS(=O)(=O)N1CCC2(C1)Cn1c(nn(C/C=C/c3ccccc3)c1=O)CO2. The zero-order valence-corrected chi connectivity index (χ0v) is 15.9. The quantitative estimate of drug-likeness (QED) is 0.767. The molecule has 0 amide bonds. The third kappa shape index (κ3) is 3.62. The zero-order valence-electron chi connectivity index (χ0n) is 15.1. The molecule has 1 unspecified atom stereocenters. The molecule has 0 N–H and O–H groups in total. The molecule has 1 aromatic carbocycles. The normalized spacial score (nSPS) is 23.3. The Morgan fingerprint density at radius 2 is 2.04 bits per heavy atom. The number of nitrogens with zero attached hydrogens (tertiary/aromatic N) is 4. The highest BCUT2D eigenvalue weighted by Crippen LogP contribution is 2.32. The summed E-state index contributed by atoms with van der Waals surface area (Å²) in [6.45, 7) is 1.60. The molecule has 0 aliphatic carbocycles. The third-order valence-electron chi connectivity index (χ3n) is 5.09. The third-order valence-corrected chi connectivity index (χ3v) is 6.34. The summed E-state index contributed by atoms with van der Waals surface area (Å²) >= 11 is 0. The largest absolute Gasteiger partial charge is 0.364 e. The number of hydrogen-bond donors (Lipinski definition) is 0. The van der Waals surface area contributed by atoms with Crippen molar-refractivity contribution >= 4 is 16.1 Å². The van der Waals surface area contributed by atoms with Crippen LogP contribution in [0.2, 0.25) is 0 Å². The van der Waals surface area contributed by atoms with E-state index in [-0.39, 0.29) is 18.8 Å². The lowest BCUT2D eigenvalue weighted by atomic mass is 10.0. The van der Waals surface area contributed by atoms with Gasteiger partial charge in [0, 0.05) is 13.1 Å². The van der Waals surface area contributed by atoms with Gasteiger partial charge in [-0.1, -0.05) is 42.5 Å². The first-order valence-electron chi connectivity index (χ1n) is 8.84.